The molecule has 3 aromatic rings. The van der Waals surface area contributed by atoms with E-state index < -0.39 is 5.92 Å². The lowest BCUT2D eigenvalue weighted by Crippen LogP contribution is -2.42. The Hall–Kier alpha value is -4.01. The van der Waals surface area contributed by atoms with Crippen molar-refractivity contribution in [2.75, 3.05) is 4.90 Å². The number of nitrogens with two attached hydrogens (primary N) is 1. The smallest absolute Gasteiger partial charge is 0.162 e. The van der Waals surface area contributed by atoms with Crippen LogP contribution in [0.5, 0.6) is 5.75 Å². The van der Waals surface area contributed by atoms with Gasteiger partial charge in [0.1, 0.15) is 18.2 Å². The van der Waals surface area contributed by atoms with Crippen LogP contribution in [0.2, 0.25) is 5.02 Å². The molecule has 2 aliphatic rings. The van der Waals surface area contributed by atoms with Gasteiger partial charge in [0.15, 0.2) is 5.78 Å². The maximum atomic E-state index is 14.1. The van der Waals surface area contributed by atoms with Gasteiger partial charge in [-0.2, -0.15) is 5.26 Å². The highest BCUT2D eigenvalue weighted by atomic mass is 35.5. The molecule has 0 amide bonds. The van der Waals surface area contributed by atoms with Crippen molar-refractivity contribution in [3.8, 4) is 11.8 Å². The quantitative estimate of drug-likeness (QED) is 0.317. The number of benzene rings is 3. The predicted molar refractivity (Wildman–Crippen MR) is 169 cm³/mol. The number of halogens is 1. The molecule has 5 nitrogen and oxygen atoms in total. The molecule has 1 atom stereocenters. The molecule has 2 N–H and O–H groups in total. The van der Waals surface area contributed by atoms with E-state index in [2.05, 4.69) is 45.0 Å². The van der Waals surface area contributed by atoms with Crippen molar-refractivity contribution >= 4 is 23.1 Å². The molecule has 0 radical (unpaired) electrons. The zero-order valence-electron chi connectivity index (χ0n) is 25.3. The van der Waals surface area contributed by atoms with Crippen LogP contribution in [0.25, 0.3) is 0 Å². The van der Waals surface area contributed by atoms with E-state index in [0.29, 0.717) is 41.4 Å². The van der Waals surface area contributed by atoms with Crippen LogP contribution in [0.4, 0.5) is 5.69 Å². The van der Waals surface area contributed by atoms with Crippen LogP contribution in [-0.2, 0) is 17.8 Å². The lowest BCUT2D eigenvalue weighted by Gasteiger charge is -2.44. The van der Waals surface area contributed by atoms with E-state index in [1.165, 1.54) is 0 Å². The normalized spacial score (nSPS) is 18.2. The summed E-state index contributed by atoms with van der Waals surface area (Å²) in [5, 5.41) is 11.3. The molecule has 0 saturated heterocycles. The number of aryl methyl sites for hydroxylation is 3. The van der Waals surface area contributed by atoms with Crippen molar-refractivity contribution in [3.63, 3.8) is 0 Å². The minimum atomic E-state index is -0.547. The third-order valence-corrected chi connectivity index (χ3v) is 8.76. The lowest BCUT2D eigenvalue weighted by molar-refractivity contribution is -0.118. The van der Waals surface area contributed by atoms with Gasteiger partial charge in [-0.1, -0.05) is 68.3 Å². The fourth-order valence-electron chi connectivity index (χ4n) is 6.47. The molecule has 6 heteroatoms. The summed E-state index contributed by atoms with van der Waals surface area (Å²) in [6, 6.07) is 20.3. The van der Waals surface area contributed by atoms with Crippen molar-refractivity contribution in [2.45, 2.75) is 73.3 Å². The van der Waals surface area contributed by atoms with Crippen molar-refractivity contribution in [1.82, 2.24) is 0 Å². The Morgan fingerprint density at radius 2 is 1.81 bits per heavy atom. The summed E-state index contributed by atoms with van der Waals surface area (Å²) in [7, 11) is 0. The zero-order chi connectivity index (χ0) is 30.3. The zero-order valence-corrected chi connectivity index (χ0v) is 26.0. The van der Waals surface area contributed by atoms with Gasteiger partial charge in [-0.05, 0) is 91.1 Å². The molecule has 0 spiro atoms. The highest BCUT2D eigenvalue weighted by Crippen LogP contribution is 2.51. The molecule has 0 bridgehead atoms. The molecular formula is C36H38ClN3O2. The van der Waals surface area contributed by atoms with Crippen molar-refractivity contribution in [1.29, 1.82) is 5.26 Å². The van der Waals surface area contributed by atoms with Gasteiger partial charge in [-0.3, -0.25) is 9.69 Å². The Balaban J connectivity index is 1.68. The van der Waals surface area contributed by atoms with Crippen LogP contribution in [0.15, 0.2) is 77.3 Å². The average Bonchev–Trinajstić information content (AvgIpc) is 2.93. The van der Waals surface area contributed by atoms with Gasteiger partial charge < -0.3 is 10.5 Å². The number of nitriles is 1. The van der Waals surface area contributed by atoms with Crippen molar-refractivity contribution in [3.05, 3.63) is 116 Å². The number of carbonyl (C=O) groups excluding carboxylic acids is 1. The Bertz CT molecular complexity index is 1690. The lowest BCUT2D eigenvalue weighted by atomic mass is 9.67. The summed E-state index contributed by atoms with van der Waals surface area (Å²) in [6.07, 6.45) is 1.90. The molecule has 0 saturated carbocycles. The van der Waals surface area contributed by atoms with E-state index in [9.17, 15) is 10.1 Å². The summed E-state index contributed by atoms with van der Waals surface area (Å²) in [5.41, 5.74) is 15.6. The monoisotopic (exact) mass is 579 g/mol. The number of carbonyl (C=O) groups is 1. The first kappa shape index (κ1) is 29.5. The molecule has 1 aliphatic heterocycles. The third-order valence-electron chi connectivity index (χ3n) is 8.53. The Morgan fingerprint density at radius 3 is 2.50 bits per heavy atom. The van der Waals surface area contributed by atoms with Gasteiger partial charge >= 0.3 is 0 Å². The maximum Gasteiger partial charge on any atom is 0.162 e. The Kier molecular flexibility index (Phi) is 7.96. The number of hydrogen-bond acceptors (Lipinski definition) is 5. The van der Waals surface area contributed by atoms with Crippen LogP contribution in [0.1, 0.15) is 72.9 Å². The summed E-state index contributed by atoms with van der Waals surface area (Å²) in [4.78, 5) is 16.1. The second-order valence-corrected chi connectivity index (χ2v) is 12.7. The van der Waals surface area contributed by atoms with Crippen LogP contribution >= 0.6 is 11.6 Å². The van der Waals surface area contributed by atoms with Crippen LogP contribution in [0, 0.1) is 37.5 Å². The van der Waals surface area contributed by atoms with E-state index in [1.807, 2.05) is 62.1 Å². The average molecular weight is 580 g/mol. The predicted octanol–water partition coefficient (Wildman–Crippen LogP) is 8.35. The van der Waals surface area contributed by atoms with Gasteiger partial charge in [0, 0.05) is 22.7 Å². The van der Waals surface area contributed by atoms with Crippen LogP contribution < -0.4 is 15.4 Å². The molecular weight excluding hydrogens is 542 g/mol. The van der Waals surface area contributed by atoms with Gasteiger partial charge in [0.2, 0.25) is 0 Å². The molecule has 42 heavy (non-hydrogen) atoms. The van der Waals surface area contributed by atoms with Gasteiger partial charge in [0.05, 0.1) is 23.2 Å². The second kappa shape index (κ2) is 11.3. The number of anilines is 1. The molecule has 1 heterocycles. The second-order valence-electron chi connectivity index (χ2n) is 12.3. The SMILES string of the molecule is CCc1ccccc1N1C(N)=C(C#N)C(c2cc(C)cc(COc3ccc(Cl)cc3C)c2C)C2=C1CC(C)(C)CC2=O. The van der Waals surface area contributed by atoms with Crippen LogP contribution in [0.3, 0.4) is 0 Å². The summed E-state index contributed by atoms with van der Waals surface area (Å²) in [6.45, 7) is 12.7. The first-order chi connectivity index (χ1) is 20.0. The topological polar surface area (TPSA) is 79.3 Å². The molecule has 0 fully saturated rings. The fraction of sp³-hybridized carbons (Fsp3) is 0.333. The van der Waals surface area contributed by atoms with Crippen molar-refractivity contribution in [2.24, 2.45) is 11.1 Å². The summed E-state index contributed by atoms with van der Waals surface area (Å²) < 4.78 is 6.24. The van der Waals surface area contributed by atoms with Crippen LogP contribution in [-0.4, -0.2) is 5.78 Å². The summed E-state index contributed by atoms with van der Waals surface area (Å²) >= 11 is 6.15. The number of para-hydroxylation sites is 1. The van der Waals surface area contributed by atoms with E-state index in [4.69, 9.17) is 22.1 Å². The number of allylic oxidation sites excluding steroid dienone is 3. The van der Waals surface area contributed by atoms with Gasteiger partial charge in [0.25, 0.3) is 0 Å². The fourth-order valence-corrected chi connectivity index (χ4v) is 6.69. The standard InChI is InChI=1S/C36H38ClN3O2/c1-7-24-10-8-9-11-29(24)40-30-17-36(5,6)18-31(41)34(30)33(28(19-38)35(40)39)27-15-21(2)14-25(23(27)4)20-42-32-13-12-26(37)16-22(32)3/h8-16,33H,7,17-18,20,39H2,1-6H3. The minimum Gasteiger partial charge on any atom is -0.489 e. The maximum absolute atomic E-state index is 14.1. The van der Waals surface area contributed by atoms with Gasteiger partial charge in [-0.15, -0.1) is 0 Å². The Morgan fingerprint density at radius 1 is 1.07 bits per heavy atom. The number of nitrogens with zero attached hydrogens (tertiary/aromatic N) is 2. The van der Waals surface area contributed by atoms with E-state index in [-0.39, 0.29) is 11.2 Å². The highest BCUT2D eigenvalue weighted by Gasteiger charge is 2.45. The third kappa shape index (κ3) is 5.32. The van der Waals surface area contributed by atoms with Gasteiger partial charge in [-0.25, -0.2) is 0 Å². The highest BCUT2D eigenvalue weighted by molar-refractivity contribution is 6.30. The largest absolute Gasteiger partial charge is 0.489 e. The molecule has 0 aromatic heterocycles. The molecule has 1 unspecified atom stereocenters. The number of Topliss-reactive ketones (excluding diaryl/α,β-unsaturated/α-hetero) is 1. The van der Waals surface area contributed by atoms with E-state index in [1.54, 1.807) is 0 Å². The number of hydrogen-bond donors (Lipinski definition) is 1. The van der Waals surface area contributed by atoms with E-state index in [0.717, 1.165) is 56.9 Å². The van der Waals surface area contributed by atoms with Crippen molar-refractivity contribution < 1.29 is 9.53 Å². The first-order valence-corrected chi connectivity index (χ1v) is 14.9. The number of ether oxygens (including phenoxy) is 1. The number of rotatable bonds is 6. The Labute approximate surface area is 254 Å². The molecule has 1 aliphatic carbocycles. The first-order valence-electron chi connectivity index (χ1n) is 14.5. The summed E-state index contributed by atoms with van der Waals surface area (Å²) in [5.74, 6) is 0.681. The van der Waals surface area contributed by atoms with E-state index >= 15 is 0 Å². The molecule has 3 aromatic carbocycles. The molecule has 5 rings (SSSR count). The molecule has 216 valence electrons. The minimum absolute atomic E-state index is 0.0703. The number of ketones is 1.